The molecule has 0 N–H and O–H groups in total. The summed E-state index contributed by atoms with van der Waals surface area (Å²) in [6, 6.07) is 6.20. The third kappa shape index (κ3) is 3.58. The smallest absolute Gasteiger partial charge is 0.345 e. The summed E-state index contributed by atoms with van der Waals surface area (Å²) in [4.78, 5) is 14.9. The first-order valence-electron chi connectivity index (χ1n) is 9.20. The lowest BCUT2D eigenvalue weighted by Crippen LogP contribution is -2.51. The molecule has 0 bridgehead atoms. The molecule has 1 aromatic heterocycles. The van der Waals surface area contributed by atoms with Crippen molar-refractivity contribution in [2.75, 3.05) is 51.3 Å². The number of benzene rings is 1. The van der Waals surface area contributed by atoms with Gasteiger partial charge in [-0.2, -0.15) is 0 Å². The first-order valence-corrected chi connectivity index (χ1v) is 9.20. The van der Waals surface area contributed by atoms with Gasteiger partial charge in [-0.05, 0) is 38.5 Å². The van der Waals surface area contributed by atoms with Crippen LogP contribution < -0.4 is 10.5 Å². The Labute approximate surface area is 149 Å². The van der Waals surface area contributed by atoms with Crippen LogP contribution in [0.1, 0.15) is 25.0 Å². The van der Waals surface area contributed by atoms with E-state index in [2.05, 4.69) is 37.9 Å². The van der Waals surface area contributed by atoms with Crippen molar-refractivity contribution in [2.24, 2.45) is 0 Å². The average Bonchev–Trinajstić information content (AvgIpc) is 2.60. The van der Waals surface area contributed by atoms with Gasteiger partial charge in [0.25, 0.3) is 0 Å². The van der Waals surface area contributed by atoms with Crippen molar-refractivity contribution in [3.8, 4) is 0 Å². The average molecular weight is 345 g/mol. The molecule has 0 amide bonds. The number of fused-ring (bicyclic) bond motifs is 1. The largest absolute Gasteiger partial charge is 0.422 e. The van der Waals surface area contributed by atoms with Gasteiger partial charge in [-0.15, -0.1) is 0 Å². The number of anilines is 1. The number of ether oxygens (including phenoxy) is 1. The lowest BCUT2D eigenvalue weighted by molar-refractivity contribution is -0.929. The van der Waals surface area contributed by atoms with Crippen molar-refractivity contribution in [3.63, 3.8) is 0 Å². The molecule has 1 aliphatic heterocycles. The summed E-state index contributed by atoms with van der Waals surface area (Å²) in [6.07, 6.45) is 0. The molecule has 25 heavy (non-hydrogen) atoms. The Kier molecular flexibility index (Phi) is 5.16. The number of morpholine rings is 1. The second-order valence-corrected chi connectivity index (χ2v) is 7.18. The minimum atomic E-state index is -0.201. The molecule has 1 fully saturated rings. The molecule has 0 saturated carbocycles. The molecule has 1 aliphatic rings. The molecule has 3 rings (SSSR count). The summed E-state index contributed by atoms with van der Waals surface area (Å²) >= 11 is 0. The van der Waals surface area contributed by atoms with Gasteiger partial charge in [0, 0.05) is 30.2 Å². The molecule has 5 nitrogen and oxygen atoms in total. The molecule has 1 saturated heterocycles. The maximum Gasteiger partial charge on any atom is 0.345 e. The van der Waals surface area contributed by atoms with Crippen LogP contribution in [0.5, 0.6) is 0 Å². The molecule has 136 valence electrons. The minimum absolute atomic E-state index is 0.201. The molecule has 1 aromatic carbocycles. The molecular formula is C20H29N2O3+. The van der Waals surface area contributed by atoms with Crippen LogP contribution in [-0.4, -0.2) is 50.9 Å². The van der Waals surface area contributed by atoms with E-state index in [-0.39, 0.29) is 5.63 Å². The Bertz CT molecular complexity index is 802. The highest BCUT2D eigenvalue weighted by Crippen LogP contribution is 2.26. The lowest BCUT2D eigenvalue weighted by Gasteiger charge is -2.37. The number of nitrogens with zero attached hydrogens (tertiary/aromatic N) is 2. The summed E-state index contributed by atoms with van der Waals surface area (Å²) in [7, 11) is 2.19. The van der Waals surface area contributed by atoms with Crippen LogP contribution in [0, 0.1) is 6.92 Å². The number of likely N-dealkylation sites (N-methyl/N-ethyl adjacent to an activating group) is 1. The fourth-order valence-electron chi connectivity index (χ4n) is 3.67. The molecule has 0 radical (unpaired) electrons. The lowest BCUT2D eigenvalue weighted by atomic mass is 10.0. The summed E-state index contributed by atoms with van der Waals surface area (Å²) in [6.45, 7) is 12.2. The quantitative estimate of drug-likeness (QED) is 0.617. The molecule has 0 spiro atoms. The van der Waals surface area contributed by atoms with E-state index in [9.17, 15) is 4.79 Å². The highest BCUT2D eigenvalue weighted by atomic mass is 16.5. The molecular weight excluding hydrogens is 316 g/mol. The Balaban J connectivity index is 2.01. The maximum atomic E-state index is 12.7. The number of aryl methyl sites for hydroxylation is 1. The van der Waals surface area contributed by atoms with Gasteiger partial charge >= 0.3 is 5.63 Å². The van der Waals surface area contributed by atoms with Gasteiger partial charge in [-0.25, -0.2) is 4.79 Å². The standard InChI is InChI=1S/C20H29N2O3/c1-5-21(6-2)16-7-8-17-15(3)18(20(23)25-19(17)13-16)14-22(4)9-11-24-12-10-22/h7-8,13H,5-6,9-12,14H2,1-4H3/q+1. The highest BCUT2D eigenvalue weighted by Gasteiger charge is 2.28. The van der Waals surface area contributed by atoms with Gasteiger partial charge in [0.05, 0.1) is 25.8 Å². The van der Waals surface area contributed by atoms with E-state index in [4.69, 9.17) is 9.15 Å². The van der Waals surface area contributed by atoms with Gasteiger partial charge < -0.3 is 18.5 Å². The van der Waals surface area contributed by atoms with E-state index < -0.39 is 0 Å². The SMILES string of the molecule is CCN(CC)c1ccc2c(C)c(C[N+]3(C)CCOCC3)c(=O)oc2c1. The molecule has 2 aromatic rings. The van der Waals surface area contributed by atoms with Crippen molar-refractivity contribution < 1.29 is 13.6 Å². The van der Waals surface area contributed by atoms with E-state index in [1.807, 2.05) is 13.0 Å². The van der Waals surface area contributed by atoms with Crippen molar-refractivity contribution in [3.05, 3.63) is 39.7 Å². The molecule has 0 atom stereocenters. The molecule has 2 heterocycles. The topological polar surface area (TPSA) is 42.7 Å². The first-order chi connectivity index (χ1) is 12.0. The number of hydrogen-bond acceptors (Lipinski definition) is 4. The zero-order chi connectivity index (χ0) is 18.0. The normalized spacial score (nSPS) is 17.0. The number of hydrogen-bond donors (Lipinski definition) is 0. The van der Waals surface area contributed by atoms with Gasteiger partial charge in [-0.1, -0.05) is 0 Å². The first kappa shape index (κ1) is 18.0. The third-order valence-corrected chi connectivity index (χ3v) is 5.49. The Hall–Kier alpha value is -1.85. The predicted molar refractivity (Wildman–Crippen MR) is 101 cm³/mol. The van der Waals surface area contributed by atoms with Crippen molar-refractivity contribution in [2.45, 2.75) is 27.3 Å². The zero-order valence-corrected chi connectivity index (χ0v) is 15.8. The third-order valence-electron chi connectivity index (χ3n) is 5.49. The predicted octanol–water partition coefficient (Wildman–Crippen LogP) is 2.92. The van der Waals surface area contributed by atoms with E-state index >= 15 is 0 Å². The van der Waals surface area contributed by atoms with Crippen LogP contribution in [0.3, 0.4) is 0 Å². The van der Waals surface area contributed by atoms with Crippen LogP contribution in [0.2, 0.25) is 0 Å². The van der Waals surface area contributed by atoms with Crippen LogP contribution in [-0.2, 0) is 11.3 Å². The highest BCUT2D eigenvalue weighted by molar-refractivity contribution is 5.84. The summed E-state index contributed by atoms with van der Waals surface area (Å²) in [5, 5.41) is 1.03. The van der Waals surface area contributed by atoms with E-state index in [1.54, 1.807) is 0 Å². The number of quaternary nitrogens is 1. The van der Waals surface area contributed by atoms with Crippen molar-refractivity contribution in [1.82, 2.24) is 0 Å². The Morgan fingerprint density at radius 3 is 2.48 bits per heavy atom. The molecule has 0 unspecified atom stereocenters. The molecule has 0 aliphatic carbocycles. The van der Waals surface area contributed by atoms with Crippen molar-refractivity contribution in [1.29, 1.82) is 0 Å². The van der Waals surface area contributed by atoms with Crippen LogP contribution in [0.25, 0.3) is 11.0 Å². The Morgan fingerprint density at radius 1 is 1.16 bits per heavy atom. The Morgan fingerprint density at radius 2 is 1.84 bits per heavy atom. The summed E-state index contributed by atoms with van der Waals surface area (Å²) in [5.41, 5.74) is 3.42. The van der Waals surface area contributed by atoms with Gasteiger partial charge in [-0.3, -0.25) is 0 Å². The maximum absolute atomic E-state index is 12.7. The minimum Gasteiger partial charge on any atom is -0.422 e. The second-order valence-electron chi connectivity index (χ2n) is 7.18. The summed E-state index contributed by atoms with van der Waals surface area (Å²) in [5.74, 6) is 0. The van der Waals surface area contributed by atoms with Crippen LogP contribution >= 0.6 is 0 Å². The fourth-order valence-corrected chi connectivity index (χ4v) is 3.67. The van der Waals surface area contributed by atoms with Gasteiger partial charge in [0.2, 0.25) is 0 Å². The monoisotopic (exact) mass is 345 g/mol. The van der Waals surface area contributed by atoms with E-state index in [0.29, 0.717) is 12.1 Å². The zero-order valence-electron chi connectivity index (χ0n) is 15.8. The van der Waals surface area contributed by atoms with E-state index in [1.165, 1.54) is 0 Å². The summed E-state index contributed by atoms with van der Waals surface area (Å²) < 4.78 is 12.0. The number of rotatable bonds is 5. The second kappa shape index (κ2) is 7.18. The van der Waals surface area contributed by atoms with Gasteiger partial charge in [0.15, 0.2) is 0 Å². The molecule has 5 heteroatoms. The fraction of sp³-hybridized carbons (Fsp3) is 0.550. The van der Waals surface area contributed by atoms with E-state index in [0.717, 1.165) is 66.1 Å². The van der Waals surface area contributed by atoms with Crippen LogP contribution in [0.4, 0.5) is 5.69 Å². The van der Waals surface area contributed by atoms with Crippen molar-refractivity contribution >= 4 is 16.7 Å². The van der Waals surface area contributed by atoms with Gasteiger partial charge in [0.1, 0.15) is 25.2 Å². The van der Waals surface area contributed by atoms with Crippen LogP contribution in [0.15, 0.2) is 27.4 Å².